The van der Waals surface area contributed by atoms with E-state index in [0.29, 0.717) is 11.3 Å². The lowest BCUT2D eigenvalue weighted by Crippen LogP contribution is -2.34. The number of nitrogens with two attached hydrogens (primary N) is 1. The van der Waals surface area contributed by atoms with Gasteiger partial charge in [0.15, 0.2) is 0 Å². The first-order valence-corrected chi connectivity index (χ1v) is 4.97. The fourth-order valence-electron chi connectivity index (χ4n) is 1.45. The van der Waals surface area contributed by atoms with E-state index < -0.39 is 19.1 Å². The van der Waals surface area contributed by atoms with Gasteiger partial charge in [0.2, 0.25) is 0 Å². The molecule has 0 aliphatic heterocycles. The summed E-state index contributed by atoms with van der Waals surface area (Å²) in [5.74, 6) is -0.778. The van der Waals surface area contributed by atoms with Crippen LogP contribution in [0.15, 0.2) is 18.2 Å². The van der Waals surface area contributed by atoms with Gasteiger partial charge in [0.1, 0.15) is 11.8 Å². The Morgan fingerprint density at radius 1 is 1.53 bits per heavy atom. The van der Waals surface area contributed by atoms with Crippen LogP contribution in [0, 0.1) is 0 Å². The standard InChI is InChI=1S/C10H14BNO5/c1-17-9-3-2-6(4-7(9)11(15)16)5-8(12)10(13)14/h2-4,8,15-16H,5,12H2,1H3,(H,13,14)/t8-/m0/s1/i11-1. The zero-order valence-corrected chi connectivity index (χ0v) is 9.33. The lowest BCUT2D eigenvalue weighted by Gasteiger charge is -2.11. The van der Waals surface area contributed by atoms with E-state index in [2.05, 4.69) is 0 Å². The Kier molecular flexibility index (Phi) is 4.50. The third kappa shape index (κ3) is 3.45. The van der Waals surface area contributed by atoms with Crippen molar-refractivity contribution < 1.29 is 24.7 Å². The van der Waals surface area contributed by atoms with Crippen LogP contribution in [0.3, 0.4) is 0 Å². The second-order valence-corrected chi connectivity index (χ2v) is 3.60. The Morgan fingerprint density at radius 3 is 2.65 bits per heavy atom. The molecule has 0 aliphatic rings. The van der Waals surface area contributed by atoms with Gasteiger partial charge in [-0.15, -0.1) is 0 Å². The molecule has 1 aromatic rings. The molecule has 0 spiro atoms. The molecule has 0 radical (unpaired) electrons. The quantitative estimate of drug-likeness (QED) is 0.456. The number of ether oxygens (including phenoxy) is 1. The van der Waals surface area contributed by atoms with Crippen molar-refractivity contribution in [2.45, 2.75) is 12.5 Å². The van der Waals surface area contributed by atoms with E-state index in [9.17, 15) is 4.79 Å². The van der Waals surface area contributed by atoms with E-state index in [1.54, 1.807) is 12.1 Å². The van der Waals surface area contributed by atoms with Crippen LogP contribution in [0.1, 0.15) is 5.56 Å². The monoisotopic (exact) mass is 238 g/mol. The van der Waals surface area contributed by atoms with Crippen LogP contribution < -0.4 is 15.9 Å². The normalized spacial score (nSPS) is 12.0. The number of hydrogen-bond donors (Lipinski definition) is 4. The molecular weight excluding hydrogens is 224 g/mol. The minimum Gasteiger partial charge on any atom is -0.497 e. The number of methoxy groups -OCH3 is 1. The van der Waals surface area contributed by atoms with Gasteiger partial charge < -0.3 is 25.6 Å². The number of carboxylic acids is 1. The smallest absolute Gasteiger partial charge is 0.492 e. The SMILES string of the molecule is COc1ccc(C[C@H](N)C(=O)O)cc1[10B](O)O. The van der Waals surface area contributed by atoms with Gasteiger partial charge in [-0.1, -0.05) is 12.1 Å². The van der Waals surface area contributed by atoms with Crippen molar-refractivity contribution in [3.8, 4) is 5.75 Å². The van der Waals surface area contributed by atoms with Gasteiger partial charge in [-0.25, -0.2) is 0 Å². The van der Waals surface area contributed by atoms with Gasteiger partial charge in [0.05, 0.1) is 7.11 Å². The van der Waals surface area contributed by atoms with E-state index in [-0.39, 0.29) is 11.9 Å². The third-order valence-electron chi connectivity index (χ3n) is 2.35. The van der Waals surface area contributed by atoms with Gasteiger partial charge in [0, 0.05) is 5.46 Å². The highest BCUT2D eigenvalue weighted by atomic mass is 16.5. The number of carboxylic acid groups (broad SMARTS) is 1. The number of carbonyl (C=O) groups is 1. The molecule has 0 aliphatic carbocycles. The summed E-state index contributed by atoms with van der Waals surface area (Å²) in [6.07, 6.45) is 0.110. The van der Waals surface area contributed by atoms with E-state index in [1.807, 2.05) is 0 Å². The van der Waals surface area contributed by atoms with Crippen molar-refractivity contribution >= 4 is 18.6 Å². The number of rotatable bonds is 5. The average molecular weight is 238 g/mol. The van der Waals surface area contributed by atoms with Crippen molar-refractivity contribution in [1.29, 1.82) is 0 Å². The molecule has 1 atom stereocenters. The highest BCUT2D eigenvalue weighted by Crippen LogP contribution is 2.11. The summed E-state index contributed by atoms with van der Waals surface area (Å²) in [7, 11) is -0.268. The summed E-state index contributed by atoms with van der Waals surface area (Å²) >= 11 is 0. The van der Waals surface area contributed by atoms with Crippen molar-refractivity contribution in [3.05, 3.63) is 23.8 Å². The number of aliphatic carboxylic acids is 1. The summed E-state index contributed by atoms with van der Waals surface area (Å²) < 4.78 is 4.95. The minimum atomic E-state index is -1.68. The molecule has 0 fully saturated rings. The van der Waals surface area contributed by atoms with E-state index in [4.69, 9.17) is 25.6 Å². The summed E-state index contributed by atoms with van der Waals surface area (Å²) in [6.45, 7) is 0. The Balaban J connectivity index is 2.96. The van der Waals surface area contributed by atoms with Gasteiger partial charge in [-0.2, -0.15) is 0 Å². The molecule has 17 heavy (non-hydrogen) atoms. The molecule has 1 rings (SSSR count). The Labute approximate surface area is 98.8 Å². The fourth-order valence-corrected chi connectivity index (χ4v) is 1.45. The molecule has 0 unspecified atom stereocenters. The van der Waals surface area contributed by atoms with Crippen LogP contribution in [-0.2, 0) is 11.2 Å². The lowest BCUT2D eigenvalue weighted by molar-refractivity contribution is -0.138. The predicted molar refractivity (Wildman–Crippen MR) is 62.1 cm³/mol. The van der Waals surface area contributed by atoms with Gasteiger partial charge in [0.25, 0.3) is 0 Å². The topological polar surface area (TPSA) is 113 Å². The molecule has 7 heteroatoms. The fraction of sp³-hybridized carbons (Fsp3) is 0.300. The molecule has 6 nitrogen and oxygen atoms in total. The second kappa shape index (κ2) is 5.67. The maximum atomic E-state index is 10.6. The van der Waals surface area contributed by atoms with Crippen molar-refractivity contribution in [1.82, 2.24) is 0 Å². The maximum Gasteiger partial charge on any atom is 0.492 e. The molecule has 0 heterocycles. The molecule has 92 valence electrons. The van der Waals surface area contributed by atoms with Gasteiger partial charge in [-0.05, 0) is 18.1 Å². The molecular formula is C10H14BNO5. The van der Waals surface area contributed by atoms with Gasteiger partial charge >= 0.3 is 13.1 Å². The molecule has 0 saturated heterocycles. The zero-order valence-electron chi connectivity index (χ0n) is 9.33. The van der Waals surface area contributed by atoms with Crippen LogP contribution >= 0.6 is 0 Å². The van der Waals surface area contributed by atoms with E-state index >= 15 is 0 Å². The first-order valence-electron chi connectivity index (χ1n) is 4.97. The van der Waals surface area contributed by atoms with E-state index in [0.717, 1.165) is 0 Å². The highest BCUT2D eigenvalue weighted by Gasteiger charge is 2.19. The lowest BCUT2D eigenvalue weighted by atomic mass is 9.26. The Morgan fingerprint density at radius 2 is 2.18 bits per heavy atom. The molecule has 0 bridgehead atoms. The Bertz CT molecular complexity index is 410. The second-order valence-electron chi connectivity index (χ2n) is 3.60. The minimum absolute atomic E-state index is 0.110. The molecule has 0 saturated carbocycles. The summed E-state index contributed by atoms with van der Waals surface area (Å²) in [5.41, 5.74) is 6.17. The van der Waals surface area contributed by atoms with E-state index in [1.165, 1.54) is 13.2 Å². The largest absolute Gasteiger partial charge is 0.497 e. The average Bonchev–Trinajstić information content (AvgIpc) is 2.28. The van der Waals surface area contributed by atoms with Crippen LogP contribution in [0.25, 0.3) is 0 Å². The van der Waals surface area contributed by atoms with Crippen molar-refractivity contribution in [3.63, 3.8) is 0 Å². The summed E-state index contributed by atoms with van der Waals surface area (Å²) in [4.78, 5) is 10.6. The van der Waals surface area contributed by atoms with Gasteiger partial charge in [-0.3, -0.25) is 4.79 Å². The predicted octanol–water partition coefficient (Wildman–Crippen LogP) is -1.67. The first kappa shape index (κ1) is 13.5. The first-order chi connectivity index (χ1) is 7.95. The molecule has 1 aromatic carbocycles. The zero-order chi connectivity index (χ0) is 13.0. The number of benzene rings is 1. The summed E-state index contributed by atoms with van der Waals surface area (Å²) in [6, 6.07) is 3.62. The third-order valence-corrected chi connectivity index (χ3v) is 2.35. The maximum absolute atomic E-state index is 10.6. The summed E-state index contributed by atoms with van der Waals surface area (Å²) in [5, 5.41) is 26.9. The highest BCUT2D eigenvalue weighted by molar-refractivity contribution is 6.59. The van der Waals surface area contributed by atoms with Crippen LogP contribution in [0.4, 0.5) is 0 Å². The molecule has 0 amide bonds. The van der Waals surface area contributed by atoms with Crippen molar-refractivity contribution in [2.24, 2.45) is 5.73 Å². The number of hydrogen-bond acceptors (Lipinski definition) is 5. The van der Waals surface area contributed by atoms with Crippen LogP contribution in [-0.4, -0.2) is 41.4 Å². The molecule has 5 N–H and O–H groups in total. The molecule has 0 aromatic heterocycles. The van der Waals surface area contributed by atoms with Crippen LogP contribution in [0.5, 0.6) is 5.75 Å². The Hall–Kier alpha value is -1.57. The van der Waals surface area contributed by atoms with Crippen molar-refractivity contribution in [2.75, 3.05) is 7.11 Å². The van der Waals surface area contributed by atoms with Crippen LogP contribution in [0.2, 0.25) is 0 Å².